The van der Waals surface area contributed by atoms with Crippen molar-refractivity contribution in [2.45, 2.75) is 70.2 Å². The van der Waals surface area contributed by atoms with Gasteiger partial charge in [0, 0.05) is 30.6 Å². The van der Waals surface area contributed by atoms with Crippen LogP contribution in [-0.4, -0.2) is 38.9 Å². The molecule has 4 heteroatoms. The van der Waals surface area contributed by atoms with Gasteiger partial charge in [-0.3, -0.25) is 4.79 Å². The van der Waals surface area contributed by atoms with E-state index in [1.165, 1.54) is 11.1 Å². The van der Waals surface area contributed by atoms with Gasteiger partial charge in [-0.1, -0.05) is 30.9 Å². The van der Waals surface area contributed by atoms with Crippen LogP contribution in [0.2, 0.25) is 0 Å². The lowest BCUT2D eigenvalue weighted by atomic mass is 9.49. The van der Waals surface area contributed by atoms with Crippen LogP contribution in [-0.2, 0) is 4.79 Å². The Morgan fingerprint density at radius 2 is 1.92 bits per heavy atom. The van der Waals surface area contributed by atoms with E-state index >= 15 is 0 Å². The zero-order chi connectivity index (χ0) is 18.1. The summed E-state index contributed by atoms with van der Waals surface area (Å²) in [7, 11) is 0. The van der Waals surface area contributed by atoms with Crippen LogP contribution in [0.25, 0.3) is 0 Å². The van der Waals surface area contributed by atoms with Crippen molar-refractivity contribution in [3.63, 3.8) is 0 Å². The monoisotopic (exact) mass is 344 g/mol. The number of hydrogen-bond acceptors (Lipinski definition) is 4. The van der Waals surface area contributed by atoms with Gasteiger partial charge in [-0.05, 0) is 37.0 Å². The fourth-order valence-corrected chi connectivity index (χ4v) is 6.81. The van der Waals surface area contributed by atoms with Crippen molar-refractivity contribution in [3.8, 4) is 12.3 Å². The summed E-state index contributed by atoms with van der Waals surface area (Å²) in [6.45, 7) is 4.09. The quantitative estimate of drug-likeness (QED) is 0.463. The Bertz CT molecular complexity index is 688. The highest BCUT2D eigenvalue weighted by Crippen LogP contribution is 2.65. The Morgan fingerprint density at radius 3 is 2.60 bits per heavy atom. The van der Waals surface area contributed by atoms with E-state index < -0.39 is 23.2 Å². The molecule has 4 rings (SSSR count). The Labute approximate surface area is 149 Å². The van der Waals surface area contributed by atoms with Crippen LogP contribution >= 0.6 is 0 Å². The molecule has 0 saturated heterocycles. The van der Waals surface area contributed by atoms with Crippen LogP contribution in [0.4, 0.5) is 0 Å². The molecule has 0 unspecified atom stereocenters. The first kappa shape index (κ1) is 17.3. The minimum Gasteiger partial charge on any atom is -0.393 e. The third-order valence-electron chi connectivity index (χ3n) is 7.88. The summed E-state index contributed by atoms with van der Waals surface area (Å²) in [6, 6.07) is 0. The second-order valence-corrected chi connectivity index (χ2v) is 9.12. The minimum absolute atomic E-state index is 0.0142. The molecule has 2 saturated carbocycles. The van der Waals surface area contributed by atoms with E-state index in [0.717, 1.165) is 12.8 Å². The number of ketones is 1. The first-order chi connectivity index (χ1) is 11.7. The molecule has 0 heterocycles. The highest BCUT2D eigenvalue weighted by molar-refractivity contribution is 5.82. The molecule has 8 atom stereocenters. The van der Waals surface area contributed by atoms with Gasteiger partial charge in [-0.2, -0.15) is 0 Å². The normalized spacial score (nSPS) is 52.2. The Morgan fingerprint density at radius 1 is 1.20 bits per heavy atom. The van der Waals surface area contributed by atoms with E-state index in [2.05, 4.69) is 12.8 Å². The summed E-state index contributed by atoms with van der Waals surface area (Å²) in [6.07, 6.45) is 7.65. The van der Waals surface area contributed by atoms with Crippen LogP contribution in [0.3, 0.4) is 0 Å². The number of carbonyl (C=O) groups is 1. The number of Topliss-reactive ketones (excluding diaryl/α,β-unsaturated/α-hetero) is 1. The summed E-state index contributed by atoms with van der Waals surface area (Å²) < 4.78 is 0. The van der Waals surface area contributed by atoms with E-state index in [4.69, 9.17) is 6.42 Å². The van der Waals surface area contributed by atoms with Gasteiger partial charge in [-0.15, -0.1) is 6.42 Å². The third kappa shape index (κ3) is 2.16. The van der Waals surface area contributed by atoms with Gasteiger partial charge in [0.1, 0.15) is 11.4 Å². The predicted molar refractivity (Wildman–Crippen MR) is 93.3 cm³/mol. The Hall–Kier alpha value is -1.15. The van der Waals surface area contributed by atoms with Gasteiger partial charge < -0.3 is 15.3 Å². The summed E-state index contributed by atoms with van der Waals surface area (Å²) in [5.74, 6) is 3.04. The third-order valence-corrected chi connectivity index (χ3v) is 7.88. The van der Waals surface area contributed by atoms with Crippen LogP contribution in [0.1, 0.15) is 52.4 Å². The van der Waals surface area contributed by atoms with Crippen molar-refractivity contribution in [3.05, 3.63) is 11.1 Å². The number of allylic oxidation sites excluding steroid dienone is 1. The van der Waals surface area contributed by atoms with Gasteiger partial charge in [0.15, 0.2) is 0 Å². The Kier molecular flexibility index (Phi) is 3.75. The van der Waals surface area contributed by atoms with Crippen molar-refractivity contribution in [2.24, 2.45) is 29.1 Å². The molecule has 4 aliphatic rings. The standard InChI is InChI=1S/C21H28O4/c1-4-21(25)10-16(24)19-17-11(2)7-12-8-13(22)5-6-14(12)18(17)15(23)9-20(19,21)3/h1,11,15-19,23-25H,5-10H2,2-3H3/t11-,15-,16-,17-,18+,19+,20+,21+/m1/s1. The van der Waals surface area contributed by atoms with Crippen molar-refractivity contribution in [1.29, 1.82) is 0 Å². The molecule has 0 aliphatic heterocycles. The van der Waals surface area contributed by atoms with Crippen molar-refractivity contribution in [2.75, 3.05) is 0 Å². The average Bonchev–Trinajstić information content (AvgIpc) is 2.73. The second-order valence-electron chi connectivity index (χ2n) is 9.12. The number of carbonyl (C=O) groups excluding carboxylic acids is 1. The smallest absolute Gasteiger partial charge is 0.137 e. The number of terminal acetylenes is 1. The number of rotatable bonds is 0. The molecule has 0 amide bonds. The van der Waals surface area contributed by atoms with Gasteiger partial charge in [0.2, 0.25) is 0 Å². The molecule has 25 heavy (non-hydrogen) atoms. The lowest BCUT2D eigenvalue weighted by Gasteiger charge is -2.57. The molecular weight excluding hydrogens is 316 g/mol. The molecular formula is C21H28O4. The van der Waals surface area contributed by atoms with Crippen LogP contribution in [0.5, 0.6) is 0 Å². The molecule has 0 aromatic carbocycles. The SMILES string of the molecule is C#C[C@]1(O)C[C@@H](O)[C@H]2[C@H]3[C@@H](C4=C(CC(=O)CC4)C[C@H]3C)[C@H](O)C[C@@]21C. The molecule has 4 nitrogen and oxygen atoms in total. The summed E-state index contributed by atoms with van der Waals surface area (Å²) in [5, 5.41) is 32.9. The topological polar surface area (TPSA) is 77.8 Å². The van der Waals surface area contributed by atoms with E-state index in [-0.39, 0.29) is 30.1 Å². The maximum Gasteiger partial charge on any atom is 0.137 e. The number of aliphatic hydroxyl groups is 3. The molecule has 136 valence electrons. The van der Waals surface area contributed by atoms with Gasteiger partial charge in [0.05, 0.1) is 12.2 Å². The van der Waals surface area contributed by atoms with Crippen LogP contribution < -0.4 is 0 Å². The van der Waals surface area contributed by atoms with Gasteiger partial charge in [-0.25, -0.2) is 0 Å². The molecule has 0 radical (unpaired) electrons. The minimum atomic E-state index is -1.38. The van der Waals surface area contributed by atoms with E-state index in [1.54, 1.807) is 0 Å². The van der Waals surface area contributed by atoms with E-state index in [9.17, 15) is 20.1 Å². The molecule has 0 bridgehead atoms. The maximum absolute atomic E-state index is 11.9. The molecule has 3 N–H and O–H groups in total. The molecule has 2 fully saturated rings. The number of aliphatic hydroxyl groups excluding tert-OH is 2. The largest absolute Gasteiger partial charge is 0.393 e. The first-order valence-electron chi connectivity index (χ1n) is 9.50. The van der Waals surface area contributed by atoms with Crippen molar-refractivity contribution >= 4 is 5.78 Å². The van der Waals surface area contributed by atoms with E-state index in [0.29, 0.717) is 25.0 Å². The van der Waals surface area contributed by atoms with Gasteiger partial charge in [0.25, 0.3) is 0 Å². The summed E-state index contributed by atoms with van der Waals surface area (Å²) in [5.41, 5.74) is 0.409. The lowest BCUT2D eigenvalue weighted by molar-refractivity contribution is -0.139. The molecule has 0 spiro atoms. The maximum atomic E-state index is 11.9. The fourth-order valence-electron chi connectivity index (χ4n) is 6.81. The van der Waals surface area contributed by atoms with Crippen molar-refractivity contribution in [1.82, 2.24) is 0 Å². The molecule has 0 aromatic rings. The van der Waals surface area contributed by atoms with E-state index in [1.807, 2.05) is 6.92 Å². The van der Waals surface area contributed by atoms with Crippen LogP contribution in [0.15, 0.2) is 11.1 Å². The first-order valence-corrected chi connectivity index (χ1v) is 9.50. The fraction of sp³-hybridized carbons (Fsp3) is 0.762. The summed E-state index contributed by atoms with van der Waals surface area (Å²) >= 11 is 0. The van der Waals surface area contributed by atoms with Crippen molar-refractivity contribution < 1.29 is 20.1 Å². The lowest BCUT2D eigenvalue weighted by Crippen LogP contribution is -2.58. The zero-order valence-corrected chi connectivity index (χ0v) is 15.0. The van der Waals surface area contributed by atoms with Crippen LogP contribution in [0, 0.1) is 41.4 Å². The molecule has 4 aliphatic carbocycles. The number of hydrogen-bond donors (Lipinski definition) is 3. The Balaban J connectivity index is 1.81. The van der Waals surface area contributed by atoms with Gasteiger partial charge >= 0.3 is 0 Å². The number of fused-ring (bicyclic) bond motifs is 4. The predicted octanol–water partition coefficient (Wildman–Crippen LogP) is 1.82. The average molecular weight is 344 g/mol. The zero-order valence-electron chi connectivity index (χ0n) is 15.0. The molecule has 0 aromatic heterocycles. The second kappa shape index (κ2) is 5.42. The highest BCUT2D eigenvalue weighted by Gasteiger charge is 2.67. The highest BCUT2D eigenvalue weighted by atomic mass is 16.3. The summed E-state index contributed by atoms with van der Waals surface area (Å²) in [4.78, 5) is 11.9.